The van der Waals surface area contributed by atoms with Gasteiger partial charge in [0, 0.05) is 34.6 Å². The maximum Gasteiger partial charge on any atom is 0.355 e. The number of ether oxygens (including phenoxy) is 1. The first-order valence-electron chi connectivity index (χ1n) is 11.0. The molecule has 10 heteroatoms. The predicted molar refractivity (Wildman–Crippen MR) is 136 cm³/mol. The van der Waals surface area contributed by atoms with Crippen LogP contribution in [0.2, 0.25) is 5.02 Å². The molecule has 0 atom stereocenters. The molecule has 0 unspecified atom stereocenters. The summed E-state index contributed by atoms with van der Waals surface area (Å²) in [6, 6.07) is 19.7. The summed E-state index contributed by atoms with van der Waals surface area (Å²) >= 11 is 6.25. The van der Waals surface area contributed by atoms with E-state index in [9.17, 15) is 23.2 Å². The van der Waals surface area contributed by atoms with Gasteiger partial charge in [-0.05, 0) is 55.0 Å². The van der Waals surface area contributed by atoms with E-state index >= 15 is 0 Å². The monoisotopic (exact) mass is 526 g/mol. The Morgan fingerprint density at radius 2 is 1.72 bits per heavy atom. The number of pyridine rings is 1. The summed E-state index contributed by atoms with van der Waals surface area (Å²) < 4.78 is 31.8. The van der Waals surface area contributed by atoms with E-state index in [4.69, 9.17) is 16.3 Å². The minimum absolute atomic E-state index is 0.0333. The van der Waals surface area contributed by atoms with Crippen LogP contribution in [0.25, 0.3) is 16.6 Å². The maximum atomic E-state index is 13.6. The molecule has 1 aromatic heterocycles. The molecular formula is C26H23ClN2O6S. The number of para-hydroxylation sites is 1. The Balaban J connectivity index is 1.95. The van der Waals surface area contributed by atoms with Crippen molar-refractivity contribution in [3.05, 3.63) is 105 Å². The van der Waals surface area contributed by atoms with Crippen molar-refractivity contribution in [2.75, 3.05) is 13.7 Å². The average molecular weight is 527 g/mol. The van der Waals surface area contributed by atoms with Gasteiger partial charge in [0.1, 0.15) is 5.69 Å². The first kappa shape index (κ1) is 25.6. The van der Waals surface area contributed by atoms with Crippen molar-refractivity contribution in [2.24, 2.45) is 0 Å². The van der Waals surface area contributed by atoms with Gasteiger partial charge >= 0.3 is 5.97 Å². The van der Waals surface area contributed by atoms with Gasteiger partial charge in [-0.25, -0.2) is 13.2 Å². The number of fused-ring (bicyclic) bond motifs is 1. The van der Waals surface area contributed by atoms with Crippen molar-refractivity contribution in [1.29, 1.82) is 0 Å². The van der Waals surface area contributed by atoms with E-state index in [1.165, 1.54) is 38.3 Å². The normalized spacial score (nSPS) is 11.7. The Hall–Kier alpha value is -3.50. The van der Waals surface area contributed by atoms with Crippen LogP contribution in [0.1, 0.15) is 28.5 Å². The third kappa shape index (κ3) is 4.66. The Kier molecular flexibility index (Phi) is 7.28. The molecule has 1 N–H and O–H groups in total. The molecular weight excluding hydrogens is 504 g/mol. The molecule has 4 rings (SSSR count). The van der Waals surface area contributed by atoms with Gasteiger partial charge in [0.15, 0.2) is 5.43 Å². The fraction of sp³-hybridized carbons (Fsp3) is 0.154. The number of nitrogens with zero attached hydrogens (tertiary/aromatic N) is 2. The van der Waals surface area contributed by atoms with Crippen LogP contribution < -0.4 is 5.43 Å². The number of carbonyl (C=O) groups excluding carboxylic acids is 1. The van der Waals surface area contributed by atoms with Crippen LogP contribution in [0.3, 0.4) is 0 Å². The summed E-state index contributed by atoms with van der Waals surface area (Å²) in [5.41, 5.74) is 1.55. The molecule has 0 fully saturated rings. The lowest BCUT2D eigenvalue weighted by molar-refractivity contribution is 0.00857. The number of carbonyl (C=O) groups is 1. The van der Waals surface area contributed by atoms with Crippen molar-refractivity contribution in [3.8, 4) is 5.69 Å². The fourth-order valence-electron chi connectivity index (χ4n) is 4.00. The zero-order valence-electron chi connectivity index (χ0n) is 19.5. The second-order valence-electron chi connectivity index (χ2n) is 7.94. The van der Waals surface area contributed by atoms with E-state index in [2.05, 4.69) is 0 Å². The summed E-state index contributed by atoms with van der Waals surface area (Å²) in [5, 5.41) is 10.5. The largest absolute Gasteiger partial charge is 0.464 e. The number of hydrogen-bond donors (Lipinski definition) is 1. The number of esters is 1. The number of benzene rings is 3. The minimum Gasteiger partial charge on any atom is -0.464 e. The molecule has 0 aliphatic rings. The second-order valence-corrected chi connectivity index (χ2v) is 10.2. The number of aromatic nitrogens is 1. The van der Waals surface area contributed by atoms with Gasteiger partial charge in [0.05, 0.1) is 17.5 Å². The Bertz CT molecular complexity index is 1600. The highest BCUT2D eigenvalue weighted by Crippen LogP contribution is 2.27. The van der Waals surface area contributed by atoms with Gasteiger partial charge in [-0.3, -0.25) is 10.0 Å². The molecule has 0 spiro atoms. The molecule has 3 aromatic carbocycles. The van der Waals surface area contributed by atoms with Gasteiger partial charge in [0.2, 0.25) is 0 Å². The van der Waals surface area contributed by atoms with Crippen molar-refractivity contribution < 1.29 is 23.2 Å². The molecule has 0 aliphatic heterocycles. The highest BCUT2D eigenvalue weighted by Gasteiger charge is 2.25. The fourth-order valence-corrected chi connectivity index (χ4v) is 5.23. The SMILES string of the molecule is CCN(O)S(=O)(=O)c1ccc(Cc2c(C(=O)OC)n(-c3ccccc3)c3cc(Cl)ccc3c2=O)cc1. The van der Waals surface area contributed by atoms with Crippen LogP contribution in [-0.4, -0.2) is 42.3 Å². The summed E-state index contributed by atoms with van der Waals surface area (Å²) in [6.45, 7) is 1.40. The zero-order chi connectivity index (χ0) is 26.0. The van der Waals surface area contributed by atoms with Gasteiger partial charge in [-0.1, -0.05) is 46.4 Å². The van der Waals surface area contributed by atoms with Crippen molar-refractivity contribution in [3.63, 3.8) is 0 Å². The number of halogens is 1. The second kappa shape index (κ2) is 10.2. The Morgan fingerprint density at radius 3 is 2.33 bits per heavy atom. The standard InChI is InChI=1S/C26H23ClN2O6S/c1-3-28(32)36(33,34)20-12-9-17(10-13-20)15-22-24(26(31)35-2)29(19-7-5-4-6-8-19)23-16-18(27)11-14-21(23)25(22)30/h4-14,16,32H,3,15H2,1-2H3. The van der Waals surface area contributed by atoms with Gasteiger partial charge in [0.25, 0.3) is 10.0 Å². The highest BCUT2D eigenvalue weighted by molar-refractivity contribution is 7.89. The first-order valence-corrected chi connectivity index (χ1v) is 12.8. The highest BCUT2D eigenvalue weighted by atomic mass is 35.5. The smallest absolute Gasteiger partial charge is 0.355 e. The quantitative estimate of drug-likeness (QED) is 0.282. The first-order chi connectivity index (χ1) is 17.2. The van der Waals surface area contributed by atoms with Crippen molar-refractivity contribution >= 4 is 38.5 Å². The summed E-state index contributed by atoms with van der Waals surface area (Å²) in [7, 11) is -2.81. The third-order valence-corrected chi connectivity index (χ3v) is 7.69. The molecule has 1 heterocycles. The number of hydroxylamine groups is 1. The lowest BCUT2D eigenvalue weighted by Gasteiger charge is -2.20. The molecule has 8 nitrogen and oxygen atoms in total. The Labute approximate surface area is 212 Å². The van der Waals surface area contributed by atoms with E-state index in [0.717, 1.165) is 0 Å². The Morgan fingerprint density at radius 1 is 1.06 bits per heavy atom. The van der Waals surface area contributed by atoms with Crippen LogP contribution in [0.5, 0.6) is 0 Å². The molecule has 36 heavy (non-hydrogen) atoms. The van der Waals surface area contributed by atoms with Gasteiger partial charge in [-0.15, -0.1) is 0 Å². The molecule has 186 valence electrons. The lowest BCUT2D eigenvalue weighted by atomic mass is 9.99. The number of hydrogen-bond acceptors (Lipinski definition) is 6. The van der Waals surface area contributed by atoms with Crippen molar-refractivity contribution in [1.82, 2.24) is 9.04 Å². The molecule has 0 amide bonds. The zero-order valence-corrected chi connectivity index (χ0v) is 21.1. The van der Waals surface area contributed by atoms with E-state index in [1.807, 2.05) is 18.2 Å². The minimum atomic E-state index is -4.05. The van der Waals surface area contributed by atoms with Gasteiger partial charge < -0.3 is 9.30 Å². The van der Waals surface area contributed by atoms with Crippen LogP contribution in [-0.2, 0) is 21.2 Å². The average Bonchev–Trinajstić information content (AvgIpc) is 2.89. The van der Waals surface area contributed by atoms with E-state index in [0.29, 0.717) is 27.2 Å². The summed E-state index contributed by atoms with van der Waals surface area (Å²) in [6.07, 6.45) is 0.0333. The van der Waals surface area contributed by atoms with Crippen LogP contribution >= 0.6 is 11.6 Å². The predicted octanol–water partition coefficient (Wildman–Crippen LogP) is 4.42. The van der Waals surface area contributed by atoms with Crippen molar-refractivity contribution in [2.45, 2.75) is 18.2 Å². The number of rotatable bonds is 7. The van der Waals surface area contributed by atoms with E-state index in [1.54, 1.807) is 34.9 Å². The van der Waals surface area contributed by atoms with Crippen LogP contribution in [0.15, 0.2) is 82.5 Å². The number of methoxy groups -OCH3 is 1. The molecule has 0 radical (unpaired) electrons. The summed E-state index contributed by atoms with van der Waals surface area (Å²) in [5.74, 6) is -0.703. The molecule has 0 bridgehead atoms. The lowest BCUT2D eigenvalue weighted by Crippen LogP contribution is -2.27. The van der Waals surface area contributed by atoms with E-state index < -0.39 is 16.0 Å². The molecule has 0 saturated carbocycles. The third-order valence-electron chi connectivity index (χ3n) is 5.77. The molecule has 4 aromatic rings. The molecule has 0 saturated heterocycles. The topological polar surface area (TPSA) is 106 Å². The molecule has 0 aliphatic carbocycles. The van der Waals surface area contributed by atoms with Crippen LogP contribution in [0, 0.1) is 0 Å². The number of sulfonamides is 1. The maximum absolute atomic E-state index is 13.6. The summed E-state index contributed by atoms with van der Waals surface area (Å²) in [4.78, 5) is 26.6. The van der Waals surface area contributed by atoms with Crippen LogP contribution in [0.4, 0.5) is 0 Å². The van der Waals surface area contributed by atoms with E-state index in [-0.39, 0.29) is 39.0 Å². The van der Waals surface area contributed by atoms with Gasteiger partial charge in [-0.2, -0.15) is 0 Å².